The fraction of sp³-hybridized carbons (Fsp3) is 0.333. The van der Waals surface area contributed by atoms with E-state index in [1.807, 2.05) is 24.5 Å². The van der Waals surface area contributed by atoms with Crippen molar-refractivity contribution in [3.8, 4) is 11.3 Å². The summed E-state index contributed by atoms with van der Waals surface area (Å²) in [6.07, 6.45) is 7.91. The van der Waals surface area contributed by atoms with Gasteiger partial charge in [0.25, 0.3) is 0 Å². The Hall–Kier alpha value is -3.12. The van der Waals surface area contributed by atoms with Crippen molar-refractivity contribution >= 4 is 22.6 Å². The van der Waals surface area contributed by atoms with E-state index in [0.29, 0.717) is 0 Å². The van der Waals surface area contributed by atoms with Gasteiger partial charge in [0.2, 0.25) is 0 Å². The van der Waals surface area contributed by atoms with Gasteiger partial charge in [-0.05, 0) is 50.2 Å². The highest BCUT2D eigenvalue weighted by molar-refractivity contribution is 6.02. The maximum absolute atomic E-state index is 13.0. The number of nitrogens with zero attached hydrogens (tertiary/aromatic N) is 5. The Bertz CT molecular complexity index is 1260. The largest absolute Gasteiger partial charge is 0.369 e. The molecule has 0 bridgehead atoms. The van der Waals surface area contributed by atoms with Gasteiger partial charge in [-0.15, -0.1) is 0 Å². The molecule has 0 amide bonds. The molecular weight excluding hydrogens is 374 g/mol. The first-order valence-electron chi connectivity index (χ1n) is 10.7. The molecule has 0 N–H and O–H groups in total. The third-order valence-electron chi connectivity index (χ3n) is 6.53. The number of ketones is 1. The van der Waals surface area contributed by atoms with Crippen LogP contribution >= 0.6 is 0 Å². The number of fused-ring (bicyclic) bond motifs is 2. The molecule has 6 heteroatoms. The van der Waals surface area contributed by atoms with Crippen molar-refractivity contribution in [1.82, 2.24) is 18.7 Å². The van der Waals surface area contributed by atoms with Gasteiger partial charge in [-0.3, -0.25) is 9.20 Å². The van der Waals surface area contributed by atoms with Crippen LogP contribution in [-0.4, -0.2) is 57.7 Å². The number of imidazole rings is 1. The monoisotopic (exact) mass is 399 g/mol. The van der Waals surface area contributed by atoms with Crippen LogP contribution in [0.5, 0.6) is 0 Å². The molecule has 0 radical (unpaired) electrons. The minimum Gasteiger partial charge on any atom is -0.369 e. The average molecular weight is 399 g/mol. The lowest BCUT2D eigenvalue weighted by Gasteiger charge is -2.34. The molecule has 2 aliphatic rings. The van der Waals surface area contributed by atoms with Gasteiger partial charge in [0, 0.05) is 61.9 Å². The van der Waals surface area contributed by atoms with Crippen LogP contribution in [-0.2, 0) is 0 Å². The summed E-state index contributed by atoms with van der Waals surface area (Å²) >= 11 is 0. The Morgan fingerprint density at radius 3 is 2.63 bits per heavy atom. The minimum atomic E-state index is 0.192. The first kappa shape index (κ1) is 17.7. The van der Waals surface area contributed by atoms with Crippen molar-refractivity contribution in [1.29, 1.82) is 0 Å². The van der Waals surface area contributed by atoms with Gasteiger partial charge in [0.05, 0.1) is 16.9 Å². The molecule has 152 valence electrons. The molecule has 4 aromatic heterocycles. The second-order valence-corrected chi connectivity index (χ2v) is 8.58. The normalized spacial score (nSPS) is 17.8. The summed E-state index contributed by atoms with van der Waals surface area (Å²) in [4.78, 5) is 22.3. The summed E-state index contributed by atoms with van der Waals surface area (Å²) in [5.41, 5.74) is 6.16. The Kier molecular flexibility index (Phi) is 3.96. The zero-order valence-electron chi connectivity index (χ0n) is 17.2. The molecule has 1 saturated carbocycles. The number of likely N-dealkylation sites (N-methyl/N-ethyl adjacent to an activating group) is 1. The van der Waals surface area contributed by atoms with Crippen LogP contribution in [0.25, 0.3) is 22.4 Å². The molecule has 30 heavy (non-hydrogen) atoms. The number of hydrogen-bond acceptors (Lipinski definition) is 4. The van der Waals surface area contributed by atoms with Crippen molar-refractivity contribution in [3.63, 3.8) is 0 Å². The van der Waals surface area contributed by atoms with E-state index in [1.54, 1.807) is 0 Å². The lowest BCUT2D eigenvalue weighted by atomic mass is 10.1. The van der Waals surface area contributed by atoms with Gasteiger partial charge >= 0.3 is 0 Å². The van der Waals surface area contributed by atoms with Crippen molar-refractivity contribution in [2.45, 2.75) is 12.8 Å². The molecule has 5 heterocycles. The standard InChI is InChI=1S/C24H25N5O/c1-26-11-13-27(14-12-26)18-7-9-28-21(15-18)19(16-22(28)24(30)17-5-6-17)20-3-2-4-23-25-8-10-29(20)23/h2-4,7-10,15-17H,5-6,11-14H2,1H3. The van der Waals surface area contributed by atoms with Gasteiger partial charge in [-0.1, -0.05) is 6.07 Å². The van der Waals surface area contributed by atoms with Crippen LogP contribution in [0, 0.1) is 5.92 Å². The number of hydrogen-bond donors (Lipinski definition) is 0. The van der Waals surface area contributed by atoms with Gasteiger partial charge in [-0.2, -0.15) is 0 Å². The Morgan fingerprint density at radius 1 is 1.00 bits per heavy atom. The van der Waals surface area contributed by atoms with Crippen LogP contribution < -0.4 is 4.90 Å². The van der Waals surface area contributed by atoms with Gasteiger partial charge in [0.15, 0.2) is 5.78 Å². The summed E-state index contributed by atoms with van der Waals surface area (Å²) in [5, 5.41) is 0. The lowest BCUT2D eigenvalue weighted by Crippen LogP contribution is -2.44. The van der Waals surface area contributed by atoms with Gasteiger partial charge in [-0.25, -0.2) is 4.98 Å². The minimum absolute atomic E-state index is 0.192. The topological polar surface area (TPSA) is 45.3 Å². The Morgan fingerprint density at radius 2 is 1.83 bits per heavy atom. The Balaban J connectivity index is 1.54. The number of pyridine rings is 2. The summed E-state index contributed by atoms with van der Waals surface area (Å²) in [6, 6.07) is 12.6. The van der Waals surface area contributed by atoms with E-state index < -0.39 is 0 Å². The second kappa shape index (κ2) is 6.71. The van der Waals surface area contributed by atoms with Crippen LogP contribution in [0.2, 0.25) is 0 Å². The molecule has 0 atom stereocenters. The van der Waals surface area contributed by atoms with Crippen molar-refractivity contribution in [2.75, 3.05) is 38.1 Å². The highest BCUT2D eigenvalue weighted by Gasteiger charge is 2.33. The molecule has 0 aromatic carbocycles. The molecule has 0 unspecified atom stereocenters. The average Bonchev–Trinajstić information content (AvgIpc) is 3.39. The Labute approximate surface area is 175 Å². The predicted octanol–water partition coefficient (Wildman–Crippen LogP) is 3.60. The highest BCUT2D eigenvalue weighted by Crippen LogP contribution is 2.37. The number of carbonyl (C=O) groups excluding carboxylic acids is 1. The molecule has 4 aromatic rings. The maximum Gasteiger partial charge on any atom is 0.182 e. The molecular formula is C24H25N5O. The van der Waals surface area contributed by atoms with Crippen molar-refractivity contribution in [2.24, 2.45) is 5.92 Å². The van der Waals surface area contributed by atoms with Gasteiger partial charge < -0.3 is 14.2 Å². The molecule has 0 spiro atoms. The molecule has 1 aliphatic carbocycles. The van der Waals surface area contributed by atoms with Crippen LogP contribution in [0.1, 0.15) is 23.3 Å². The highest BCUT2D eigenvalue weighted by atomic mass is 16.1. The molecule has 6 rings (SSSR count). The second-order valence-electron chi connectivity index (χ2n) is 8.58. The van der Waals surface area contributed by atoms with E-state index in [9.17, 15) is 4.79 Å². The van der Waals surface area contributed by atoms with E-state index in [2.05, 4.69) is 61.1 Å². The fourth-order valence-corrected chi connectivity index (χ4v) is 4.56. The molecule has 1 saturated heterocycles. The predicted molar refractivity (Wildman–Crippen MR) is 118 cm³/mol. The van der Waals surface area contributed by atoms with E-state index >= 15 is 0 Å². The van der Waals surface area contributed by atoms with Crippen LogP contribution in [0.3, 0.4) is 0 Å². The lowest BCUT2D eigenvalue weighted by molar-refractivity contribution is 0.0962. The van der Waals surface area contributed by atoms with E-state index in [0.717, 1.165) is 67.1 Å². The molecule has 2 fully saturated rings. The van der Waals surface area contributed by atoms with Crippen LogP contribution in [0.4, 0.5) is 5.69 Å². The first-order valence-corrected chi connectivity index (χ1v) is 10.7. The zero-order valence-corrected chi connectivity index (χ0v) is 17.2. The number of anilines is 1. The SMILES string of the molecule is CN1CCN(c2ccn3c(C(=O)C4CC4)cc(-c4cccc5nccn45)c3c2)CC1. The van der Waals surface area contributed by atoms with Crippen molar-refractivity contribution < 1.29 is 4.79 Å². The van der Waals surface area contributed by atoms with E-state index in [-0.39, 0.29) is 11.7 Å². The molecule has 6 nitrogen and oxygen atoms in total. The fourth-order valence-electron chi connectivity index (χ4n) is 4.56. The van der Waals surface area contributed by atoms with Crippen LogP contribution in [0.15, 0.2) is 55.0 Å². The summed E-state index contributed by atoms with van der Waals surface area (Å²) < 4.78 is 4.19. The molecule has 1 aliphatic heterocycles. The maximum atomic E-state index is 13.0. The quantitative estimate of drug-likeness (QED) is 0.492. The first-order chi connectivity index (χ1) is 14.7. The smallest absolute Gasteiger partial charge is 0.182 e. The summed E-state index contributed by atoms with van der Waals surface area (Å²) in [7, 11) is 2.17. The van der Waals surface area contributed by atoms with E-state index in [4.69, 9.17) is 0 Å². The summed E-state index contributed by atoms with van der Waals surface area (Å²) in [5.74, 6) is 0.457. The number of Topliss-reactive ketones (excluding diaryl/α,β-unsaturated/α-hetero) is 1. The zero-order chi connectivity index (χ0) is 20.2. The number of carbonyl (C=O) groups is 1. The van der Waals surface area contributed by atoms with Gasteiger partial charge in [0.1, 0.15) is 5.65 Å². The number of rotatable bonds is 4. The third-order valence-corrected chi connectivity index (χ3v) is 6.53. The third kappa shape index (κ3) is 2.82. The number of piperazine rings is 1. The van der Waals surface area contributed by atoms with Crippen molar-refractivity contribution in [3.05, 3.63) is 60.7 Å². The van der Waals surface area contributed by atoms with E-state index in [1.165, 1.54) is 5.69 Å². The number of aromatic nitrogens is 3. The summed E-state index contributed by atoms with van der Waals surface area (Å²) in [6.45, 7) is 4.18.